The molecule has 5 N–H and O–H groups in total. The van der Waals surface area contributed by atoms with Crippen LogP contribution in [0.15, 0.2) is 58.6 Å². The van der Waals surface area contributed by atoms with Crippen LogP contribution >= 0.6 is 0 Å². The Bertz CT molecular complexity index is 1620. The number of rotatable bonds is 11. The minimum atomic E-state index is -0.940. The molecule has 0 unspecified atom stereocenters. The number of carbonyl (C=O) groups excluding carboxylic acids is 4. The van der Waals surface area contributed by atoms with E-state index in [0.29, 0.717) is 47.5 Å². The number of nitrogens with one attached hydrogen (secondary N) is 2. The lowest BCUT2D eigenvalue weighted by Crippen LogP contribution is -2.39. The Labute approximate surface area is 260 Å². The first-order valence-corrected chi connectivity index (χ1v) is 14.5. The van der Waals surface area contributed by atoms with E-state index < -0.39 is 24.8 Å². The second kappa shape index (κ2) is 14.8. The first-order valence-electron chi connectivity index (χ1n) is 14.5. The monoisotopic (exact) mass is 616 g/mol. The molecule has 1 saturated carbocycles. The van der Waals surface area contributed by atoms with E-state index in [0.717, 1.165) is 23.2 Å². The molecule has 13 nitrogen and oxygen atoms in total. The Kier molecular flexibility index (Phi) is 10.7. The maximum atomic E-state index is 13.6. The highest BCUT2D eigenvalue weighted by atomic mass is 16.7. The fourth-order valence-electron chi connectivity index (χ4n) is 4.40. The standard InChI is InChI=1S/C32H36N6O7/c1-4-13-34-30(41)22-8-5-19(2)26(15-22)37-29(36-17-33)28-20(3)25(16-35-28)31(42)38(23-9-10-23)32(43)45-18-44-27(40)14-21-6-11-24(39)12-7-21/h5-8,11-12,15-17,23,35,39H,4,9-10,13-14,18H2,1-3H3,(H,34,41)(H2,33,36,37). The van der Waals surface area contributed by atoms with Gasteiger partial charge in [0.15, 0.2) is 5.84 Å². The second-order valence-corrected chi connectivity index (χ2v) is 10.5. The first-order chi connectivity index (χ1) is 21.6. The Hall–Kier alpha value is -5.46. The third-order valence-corrected chi connectivity index (χ3v) is 7.04. The number of esters is 1. The van der Waals surface area contributed by atoms with Crippen molar-refractivity contribution in [3.8, 4) is 5.75 Å². The van der Waals surface area contributed by atoms with Gasteiger partial charge in [-0.2, -0.15) is 0 Å². The van der Waals surface area contributed by atoms with Crippen LogP contribution < -0.4 is 11.1 Å². The molecule has 4 rings (SSSR count). The summed E-state index contributed by atoms with van der Waals surface area (Å²) in [6.07, 6.45) is 3.54. The molecule has 0 spiro atoms. The van der Waals surface area contributed by atoms with Gasteiger partial charge in [0.05, 0.1) is 29.7 Å². The van der Waals surface area contributed by atoms with Crippen LogP contribution in [-0.2, 0) is 20.7 Å². The van der Waals surface area contributed by atoms with Crippen LogP contribution in [0, 0.1) is 13.8 Å². The third kappa shape index (κ3) is 8.34. The molecule has 1 fully saturated rings. The number of amidine groups is 1. The van der Waals surface area contributed by atoms with Gasteiger partial charge in [0.25, 0.3) is 11.8 Å². The van der Waals surface area contributed by atoms with Crippen LogP contribution in [0.5, 0.6) is 5.75 Å². The lowest BCUT2D eigenvalue weighted by Gasteiger charge is -2.20. The predicted molar refractivity (Wildman–Crippen MR) is 167 cm³/mol. The highest BCUT2D eigenvalue weighted by Crippen LogP contribution is 2.30. The first kappa shape index (κ1) is 32.5. The summed E-state index contributed by atoms with van der Waals surface area (Å²) in [6.45, 7) is 5.37. The summed E-state index contributed by atoms with van der Waals surface area (Å²) in [5.74, 6) is -1.22. The number of ether oxygens (including phenoxy) is 2. The lowest BCUT2D eigenvalue weighted by atomic mass is 10.1. The number of benzene rings is 2. The SMILES string of the molecule is CCCNC(=O)c1ccc(C)c(N=C(N=CN)c2[nH]cc(C(=O)N(C(=O)OCOC(=O)Cc3ccc(O)cc3)C3CC3)c2C)c1. The van der Waals surface area contributed by atoms with Gasteiger partial charge in [-0.25, -0.2) is 19.7 Å². The molecule has 1 heterocycles. The van der Waals surface area contributed by atoms with E-state index in [1.165, 1.54) is 18.3 Å². The molecule has 0 bridgehead atoms. The van der Waals surface area contributed by atoms with E-state index >= 15 is 0 Å². The molecular formula is C32H36N6O7. The minimum Gasteiger partial charge on any atom is -0.508 e. The van der Waals surface area contributed by atoms with Crippen LogP contribution in [-0.4, -0.2) is 70.4 Å². The van der Waals surface area contributed by atoms with Crippen molar-refractivity contribution in [3.05, 3.63) is 82.2 Å². The molecule has 1 aliphatic rings. The molecule has 0 atom stereocenters. The summed E-state index contributed by atoms with van der Waals surface area (Å²) >= 11 is 0. The summed E-state index contributed by atoms with van der Waals surface area (Å²) in [5, 5.41) is 12.2. The van der Waals surface area contributed by atoms with Crippen LogP contribution in [0.4, 0.5) is 10.5 Å². The molecule has 0 radical (unpaired) electrons. The van der Waals surface area contributed by atoms with Gasteiger partial charge in [0.1, 0.15) is 5.75 Å². The number of aromatic nitrogens is 1. The van der Waals surface area contributed by atoms with Gasteiger partial charge in [-0.15, -0.1) is 0 Å². The molecule has 236 valence electrons. The average molecular weight is 617 g/mol. The molecule has 0 saturated heterocycles. The van der Waals surface area contributed by atoms with Gasteiger partial charge in [0.2, 0.25) is 6.79 Å². The third-order valence-electron chi connectivity index (χ3n) is 7.04. The number of phenols is 1. The number of nitrogens with two attached hydrogens (primary N) is 1. The largest absolute Gasteiger partial charge is 0.508 e. The van der Waals surface area contributed by atoms with Crippen molar-refractivity contribution >= 4 is 41.7 Å². The van der Waals surface area contributed by atoms with Crippen molar-refractivity contribution in [2.24, 2.45) is 15.7 Å². The molecule has 2 aromatic carbocycles. The summed E-state index contributed by atoms with van der Waals surface area (Å²) in [7, 11) is 0. The zero-order chi connectivity index (χ0) is 32.5. The van der Waals surface area contributed by atoms with Gasteiger partial charge in [-0.3, -0.25) is 14.4 Å². The zero-order valence-electron chi connectivity index (χ0n) is 25.3. The number of hydrogen-bond acceptors (Lipinski definition) is 8. The smallest absolute Gasteiger partial charge is 0.419 e. The second-order valence-electron chi connectivity index (χ2n) is 10.5. The number of aromatic hydroxyl groups is 1. The summed E-state index contributed by atoms with van der Waals surface area (Å²) < 4.78 is 10.2. The summed E-state index contributed by atoms with van der Waals surface area (Å²) in [4.78, 5) is 64.1. The molecule has 0 aliphatic heterocycles. The Morgan fingerprint density at radius 2 is 1.84 bits per heavy atom. The van der Waals surface area contributed by atoms with Crippen LogP contribution in [0.25, 0.3) is 0 Å². The molecule has 1 aromatic heterocycles. The number of aromatic amines is 1. The van der Waals surface area contributed by atoms with E-state index in [1.54, 1.807) is 37.3 Å². The molecule has 45 heavy (non-hydrogen) atoms. The van der Waals surface area contributed by atoms with E-state index in [4.69, 9.17) is 15.2 Å². The van der Waals surface area contributed by atoms with Gasteiger partial charge >= 0.3 is 12.1 Å². The van der Waals surface area contributed by atoms with Crippen molar-refractivity contribution in [3.63, 3.8) is 0 Å². The highest BCUT2D eigenvalue weighted by Gasteiger charge is 2.40. The van der Waals surface area contributed by atoms with Crippen LogP contribution in [0.2, 0.25) is 0 Å². The van der Waals surface area contributed by atoms with Gasteiger partial charge < -0.3 is 30.6 Å². The minimum absolute atomic E-state index is 0.0692. The number of H-pyrrole nitrogens is 1. The summed E-state index contributed by atoms with van der Waals surface area (Å²) in [6, 6.07) is 10.8. The zero-order valence-corrected chi connectivity index (χ0v) is 25.3. The van der Waals surface area contributed by atoms with Crippen molar-refractivity contribution in [1.82, 2.24) is 15.2 Å². The van der Waals surface area contributed by atoms with Crippen molar-refractivity contribution < 1.29 is 33.8 Å². The molecule has 13 heteroatoms. The Morgan fingerprint density at radius 1 is 1.11 bits per heavy atom. The van der Waals surface area contributed by atoms with Gasteiger partial charge in [0, 0.05) is 24.3 Å². The number of phenolic OH excluding ortho intramolecular Hbond substituents is 1. The Morgan fingerprint density at radius 3 is 2.51 bits per heavy atom. The number of nitrogens with zero attached hydrogens (tertiary/aromatic N) is 3. The fourth-order valence-corrected chi connectivity index (χ4v) is 4.40. The Balaban J connectivity index is 1.48. The number of imide groups is 1. The lowest BCUT2D eigenvalue weighted by molar-refractivity contribution is -0.151. The van der Waals surface area contributed by atoms with E-state index in [9.17, 15) is 24.3 Å². The number of aliphatic imine (C=N–C) groups is 2. The quantitative estimate of drug-likeness (QED) is 0.107. The highest BCUT2D eigenvalue weighted by molar-refractivity contribution is 6.09. The molecule has 3 aromatic rings. The summed E-state index contributed by atoms with van der Waals surface area (Å²) in [5.41, 5.74) is 9.02. The van der Waals surface area contributed by atoms with Gasteiger partial charge in [-0.05, 0) is 74.1 Å². The molecule has 3 amide bonds. The average Bonchev–Trinajstić information content (AvgIpc) is 3.77. The maximum absolute atomic E-state index is 13.6. The maximum Gasteiger partial charge on any atom is 0.419 e. The van der Waals surface area contributed by atoms with Gasteiger partial charge in [-0.1, -0.05) is 25.1 Å². The normalized spacial score (nSPS) is 13.0. The topological polar surface area (TPSA) is 189 Å². The van der Waals surface area contributed by atoms with Crippen molar-refractivity contribution in [1.29, 1.82) is 0 Å². The number of carbonyl (C=O) groups is 4. The van der Waals surface area contributed by atoms with E-state index in [-0.39, 0.29) is 35.5 Å². The fraction of sp³-hybridized carbons (Fsp3) is 0.312. The molecular weight excluding hydrogens is 580 g/mol. The predicted octanol–water partition coefficient (Wildman–Crippen LogP) is 4.03. The number of amides is 3. The molecule has 1 aliphatic carbocycles. The van der Waals surface area contributed by atoms with E-state index in [2.05, 4.69) is 20.3 Å². The number of hydrogen-bond donors (Lipinski definition) is 4. The van der Waals surface area contributed by atoms with E-state index in [1.807, 2.05) is 13.8 Å². The van der Waals surface area contributed by atoms with Crippen molar-refractivity contribution in [2.75, 3.05) is 13.3 Å². The van der Waals surface area contributed by atoms with Crippen LogP contribution in [0.3, 0.4) is 0 Å². The number of aryl methyl sites for hydroxylation is 1. The van der Waals surface area contributed by atoms with Crippen molar-refractivity contribution in [2.45, 2.75) is 52.5 Å². The van der Waals surface area contributed by atoms with Crippen LogP contribution in [0.1, 0.15) is 69.3 Å².